The fourth-order valence-corrected chi connectivity index (χ4v) is 7.48. The summed E-state index contributed by atoms with van der Waals surface area (Å²) in [4.78, 5) is 10.1. The first-order valence-corrected chi connectivity index (χ1v) is 15.4. The molecule has 0 spiro atoms. The third kappa shape index (κ3) is 3.75. The molecule has 8 aromatic rings. The molecular formula is C41H27F2N3. The number of nitrogens with zero attached hydrogens (tertiary/aromatic N) is 3. The molecule has 0 radical (unpaired) electrons. The highest BCUT2D eigenvalue weighted by Gasteiger charge is 2.40. The van der Waals surface area contributed by atoms with Gasteiger partial charge in [0.1, 0.15) is 11.6 Å². The molecule has 3 nitrogen and oxygen atoms in total. The third-order valence-electron chi connectivity index (χ3n) is 9.46. The summed E-state index contributed by atoms with van der Waals surface area (Å²) in [5.41, 5.74) is 9.40. The average molecular weight is 600 g/mol. The van der Waals surface area contributed by atoms with Gasteiger partial charge in [0.15, 0.2) is 5.82 Å². The summed E-state index contributed by atoms with van der Waals surface area (Å²) in [6.45, 7) is 4.60. The number of aromatic nitrogens is 3. The molecule has 0 atom stereocenters. The Morgan fingerprint density at radius 2 is 1.24 bits per heavy atom. The number of rotatable bonds is 3. The zero-order valence-electron chi connectivity index (χ0n) is 25.2. The lowest BCUT2D eigenvalue weighted by atomic mass is 9.81. The molecule has 0 fully saturated rings. The Balaban J connectivity index is 1.46. The molecule has 6 aromatic carbocycles. The van der Waals surface area contributed by atoms with Gasteiger partial charge < -0.3 is 4.57 Å². The fraction of sp³-hybridized carbons (Fsp3) is 0.0732. The van der Waals surface area contributed by atoms with E-state index in [0.717, 1.165) is 32.9 Å². The summed E-state index contributed by atoms with van der Waals surface area (Å²) in [6, 6.07) is 40.4. The Morgan fingerprint density at radius 3 is 2.02 bits per heavy atom. The molecule has 0 aliphatic heterocycles. The zero-order valence-corrected chi connectivity index (χ0v) is 25.2. The predicted molar refractivity (Wildman–Crippen MR) is 182 cm³/mol. The quantitative estimate of drug-likeness (QED) is 0.189. The molecule has 2 aromatic heterocycles. The molecule has 0 bridgehead atoms. The lowest BCUT2D eigenvalue weighted by molar-refractivity contribution is 0.628. The molecule has 1 aliphatic rings. The van der Waals surface area contributed by atoms with Gasteiger partial charge in [-0.05, 0) is 47.5 Å². The maximum absolute atomic E-state index is 14.7. The minimum atomic E-state index is -0.370. The highest BCUT2D eigenvalue weighted by atomic mass is 19.1. The van der Waals surface area contributed by atoms with Crippen molar-refractivity contribution in [3.8, 4) is 39.6 Å². The smallest absolute Gasteiger partial charge is 0.160 e. The molecule has 0 saturated carbocycles. The summed E-state index contributed by atoms with van der Waals surface area (Å²) in [6.07, 6.45) is 0. The molecule has 0 amide bonds. The molecular weight excluding hydrogens is 572 g/mol. The van der Waals surface area contributed by atoms with Crippen molar-refractivity contribution in [2.75, 3.05) is 0 Å². The van der Waals surface area contributed by atoms with Crippen LogP contribution in [0.15, 0.2) is 127 Å². The van der Waals surface area contributed by atoms with Crippen LogP contribution in [0.1, 0.15) is 25.0 Å². The summed E-state index contributed by atoms with van der Waals surface area (Å²) in [7, 11) is 0. The SMILES string of the molecule is CC1(C)c2ccccc2-c2c1c1ccccc1n2-c1cc2c(-c3cccc(F)c3)nc(-c3cccc(F)c3)nc2c2ccccc12. The van der Waals surface area contributed by atoms with Crippen LogP contribution in [0.4, 0.5) is 8.78 Å². The minimum absolute atomic E-state index is 0.195. The lowest BCUT2D eigenvalue weighted by Gasteiger charge is -2.21. The average Bonchev–Trinajstić information content (AvgIpc) is 3.54. The van der Waals surface area contributed by atoms with E-state index in [-0.39, 0.29) is 17.0 Å². The van der Waals surface area contributed by atoms with E-state index in [1.807, 2.05) is 18.2 Å². The van der Waals surface area contributed by atoms with Gasteiger partial charge in [-0.2, -0.15) is 0 Å². The van der Waals surface area contributed by atoms with E-state index in [2.05, 4.69) is 85.1 Å². The minimum Gasteiger partial charge on any atom is -0.308 e. The van der Waals surface area contributed by atoms with Crippen LogP contribution in [-0.2, 0) is 5.41 Å². The van der Waals surface area contributed by atoms with E-state index in [4.69, 9.17) is 9.97 Å². The highest BCUT2D eigenvalue weighted by molar-refractivity contribution is 6.14. The van der Waals surface area contributed by atoms with E-state index < -0.39 is 0 Å². The molecule has 46 heavy (non-hydrogen) atoms. The van der Waals surface area contributed by atoms with Gasteiger partial charge >= 0.3 is 0 Å². The van der Waals surface area contributed by atoms with Crippen LogP contribution in [0, 0.1) is 11.6 Å². The fourth-order valence-electron chi connectivity index (χ4n) is 7.48. The summed E-state index contributed by atoms with van der Waals surface area (Å²) in [5, 5.41) is 3.96. The van der Waals surface area contributed by atoms with Gasteiger partial charge in [-0.1, -0.05) is 105 Å². The molecule has 2 heterocycles. The Kier molecular flexibility index (Phi) is 5.61. The van der Waals surface area contributed by atoms with Crippen LogP contribution in [0.5, 0.6) is 0 Å². The number of halogens is 2. The van der Waals surface area contributed by atoms with E-state index in [9.17, 15) is 8.78 Å². The van der Waals surface area contributed by atoms with Crippen molar-refractivity contribution in [2.24, 2.45) is 0 Å². The van der Waals surface area contributed by atoms with E-state index in [1.54, 1.807) is 18.2 Å². The van der Waals surface area contributed by atoms with Crippen LogP contribution in [0.2, 0.25) is 0 Å². The Labute approximate surface area is 264 Å². The van der Waals surface area contributed by atoms with Crippen LogP contribution >= 0.6 is 0 Å². The first kappa shape index (κ1) is 26.7. The van der Waals surface area contributed by atoms with Gasteiger partial charge in [0.2, 0.25) is 0 Å². The van der Waals surface area contributed by atoms with E-state index in [0.29, 0.717) is 22.6 Å². The molecule has 220 valence electrons. The molecule has 0 saturated heterocycles. The van der Waals surface area contributed by atoms with Crippen LogP contribution in [0.3, 0.4) is 0 Å². The standard InChI is InChI=1S/C41H27F2N3/c1-41(2)33-19-7-5-17-30(33)39-36(41)31-18-6-8-20-34(31)46(39)35-23-32-37(24-11-9-13-26(42)21-24)44-40(25-12-10-14-27(43)22-25)45-38(32)29-16-4-3-15-28(29)35/h3-23H,1-2H3. The van der Waals surface area contributed by atoms with Crippen molar-refractivity contribution in [3.63, 3.8) is 0 Å². The van der Waals surface area contributed by atoms with Gasteiger partial charge in [-0.15, -0.1) is 0 Å². The monoisotopic (exact) mass is 599 g/mol. The Morgan fingerprint density at radius 1 is 0.587 bits per heavy atom. The topological polar surface area (TPSA) is 30.7 Å². The van der Waals surface area contributed by atoms with Gasteiger partial charge in [0.25, 0.3) is 0 Å². The molecule has 5 heteroatoms. The van der Waals surface area contributed by atoms with Crippen LogP contribution in [-0.4, -0.2) is 14.5 Å². The van der Waals surface area contributed by atoms with Crippen molar-refractivity contribution >= 4 is 32.6 Å². The number of fused-ring (bicyclic) bond motifs is 8. The maximum atomic E-state index is 14.7. The Hall–Kier alpha value is -5.68. The number of hydrogen-bond acceptors (Lipinski definition) is 2. The van der Waals surface area contributed by atoms with Gasteiger partial charge in [-0.25, -0.2) is 18.7 Å². The predicted octanol–water partition coefficient (Wildman–Crippen LogP) is 10.6. The second-order valence-electron chi connectivity index (χ2n) is 12.5. The number of para-hydroxylation sites is 1. The van der Waals surface area contributed by atoms with Gasteiger partial charge in [0, 0.05) is 43.7 Å². The van der Waals surface area contributed by atoms with E-state index in [1.165, 1.54) is 52.0 Å². The molecule has 1 aliphatic carbocycles. The Bertz CT molecular complexity index is 2540. The summed E-state index contributed by atoms with van der Waals surface area (Å²) in [5.74, 6) is -0.344. The lowest BCUT2D eigenvalue weighted by Crippen LogP contribution is -2.14. The number of hydrogen-bond donors (Lipinski definition) is 0. The van der Waals surface area contributed by atoms with Gasteiger partial charge in [0.05, 0.1) is 28.1 Å². The van der Waals surface area contributed by atoms with Crippen molar-refractivity contribution in [2.45, 2.75) is 19.3 Å². The largest absolute Gasteiger partial charge is 0.308 e. The zero-order chi connectivity index (χ0) is 31.2. The van der Waals surface area contributed by atoms with Crippen molar-refractivity contribution in [1.82, 2.24) is 14.5 Å². The van der Waals surface area contributed by atoms with Crippen molar-refractivity contribution in [3.05, 3.63) is 150 Å². The number of benzene rings is 6. The first-order chi connectivity index (χ1) is 22.4. The maximum Gasteiger partial charge on any atom is 0.160 e. The molecule has 9 rings (SSSR count). The third-order valence-corrected chi connectivity index (χ3v) is 9.46. The van der Waals surface area contributed by atoms with Gasteiger partial charge in [-0.3, -0.25) is 0 Å². The van der Waals surface area contributed by atoms with E-state index >= 15 is 0 Å². The molecule has 0 unspecified atom stereocenters. The highest BCUT2D eigenvalue weighted by Crippen LogP contribution is 2.54. The second-order valence-corrected chi connectivity index (χ2v) is 12.5. The first-order valence-electron chi connectivity index (χ1n) is 15.4. The van der Waals surface area contributed by atoms with Crippen molar-refractivity contribution in [1.29, 1.82) is 0 Å². The second kappa shape index (κ2) is 9.66. The molecule has 0 N–H and O–H groups in total. The normalized spacial score (nSPS) is 13.4. The van der Waals surface area contributed by atoms with Crippen LogP contribution < -0.4 is 0 Å². The van der Waals surface area contributed by atoms with Crippen LogP contribution in [0.25, 0.3) is 72.2 Å². The summed E-state index contributed by atoms with van der Waals surface area (Å²) < 4.78 is 31.5. The van der Waals surface area contributed by atoms with Crippen molar-refractivity contribution < 1.29 is 8.78 Å². The summed E-state index contributed by atoms with van der Waals surface area (Å²) >= 11 is 0.